The minimum Gasteiger partial charge on any atom is -0.366 e. The van der Waals surface area contributed by atoms with Crippen molar-refractivity contribution in [3.63, 3.8) is 0 Å². The zero-order valence-corrected chi connectivity index (χ0v) is 12.7. The van der Waals surface area contributed by atoms with E-state index < -0.39 is 17.8 Å². The summed E-state index contributed by atoms with van der Waals surface area (Å²) in [5.41, 5.74) is 4.06. The van der Waals surface area contributed by atoms with Crippen molar-refractivity contribution in [1.82, 2.24) is 4.98 Å². The lowest BCUT2D eigenvalue weighted by Gasteiger charge is -2.10. The maximum atomic E-state index is 12.7. The summed E-state index contributed by atoms with van der Waals surface area (Å²) < 4.78 is 38.9. The monoisotopic (exact) mass is 376 g/mol. The van der Waals surface area contributed by atoms with E-state index in [4.69, 9.17) is 5.73 Å². The normalized spacial score (nSPS) is 11.4. The van der Waals surface area contributed by atoms with Crippen LogP contribution in [0.25, 0.3) is 0 Å². The van der Waals surface area contributed by atoms with Crippen LogP contribution < -0.4 is 5.73 Å². The Balaban J connectivity index is 2.46. The van der Waals surface area contributed by atoms with Crippen molar-refractivity contribution < 1.29 is 18.0 Å². The summed E-state index contributed by atoms with van der Waals surface area (Å²) in [6.45, 7) is 0. The number of hydrogen-bond donors (Lipinski definition) is 1. The summed E-state index contributed by atoms with van der Waals surface area (Å²) in [7, 11) is 0. The molecule has 21 heavy (non-hydrogen) atoms. The Hall–Kier alpha value is -1.54. The molecular formula is C13H8BrF3N2OS. The van der Waals surface area contributed by atoms with E-state index in [-0.39, 0.29) is 10.6 Å². The molecule has 0 radical (unpaired) electrons. The molecule has 2 N–H and O–H groups in total. The molecule has 2 aromatic rings. The lowest BCUT2D eigenvalue weighted by atomic mass is 10.2. The molecule has 1 heterocycles. The fourth-order valence-corrected chi connectivity index (χ4v) is 3.03. The Bertz CT molecular complexity index is 691. The summed E-state index contributed by atoms with van der Waals surface area (Å²) in [5, 5.41) is -0.0737. The number of carbonyl (C=O) groups is 1. The largest absolute Gasteiger partial charge is 0.433 e. The van der Waals surface area contributed by atoms with Gasteiger partial charge in [-0.15, -0.1) is 0 Å². The number of benzene rings is 1. The lowest BCUT2D eigenvalue weighted by molar-refractivity contribution is -0.141. The second-order valence-electron chi connectivity index (χ2n) is 3.97. The minimum absolute atomic E-state index is 0.0482. The summed E-state index contributed by atoms with van der Waals surface area (Å²) >= 11 is 4.21. The topological polar surface area (TPSA) is 56.0 Å². The summed E-state index contributed by atoms with van der Waals surface area (Å²) in [5.74, 6) is -0.825. The van der Waals surface area contributed by atoms with Crippen molar-refractivity contribution in [3.8, 4) is 0 Å². The van der Waals surface area contributed by atoms with Gasteiger partial charge in [0.25, 0.3) is 5.91 Å². The molecule has 0 atom stereocenters. The van der Waals surface area contributed by atoms with Crippen LogP contribution in [0.1, 0.15) is 16.1 Å². The van der Waals surface area contributed by atoms with Gasteiger partial charge in [0, 0.05) is 9.37 Å². The number of alkyl halides is 3. The Morgan fingerprint density at radius 1 is 1.24 bits per heavy atom. The van der Waals surface area contributed by atoms with Crippen LogP contribution in [-0.4, -0.2) is 10.9 Å². The molecule has 0 saturated carbocycles. The molecule has 1 aromatic carbocycles. The highest BCUT2D eigenvalue weighted by molar-refractivity contribution is 9.10. The average Bonchev–Trinajstić information content (AvgIpc) is 2.37. The Labute approximate surface area is 130 Å². The van der Waals surface area contributed by atoms with Crippen molar-refractivity contribution >= 4 is 33.6 Å². The second kappa shape index (κ2) is 6.07. The van der Waals surface area contributed by atoms with Crippen molar-refractivity contribution in [3.05, 3.63) is 52.1 Å². The molecular weight excluding hydrogens is 369 g/mol. The number of amides is 1. The molecule has 0 unspecified atom stereocenters. The number of halogens is 4. The van der Waals surface area contributed by atoms with Crippen LogP contribution in [0.2, 0.25) is 0 Å². The molecule has 0 aliphatic rings. The molecule has 1 aromatic heterocycles. The van der Waals surface area contributed by atoms with Crippen LogP contribution in [-0.2, 0) is 6.18 Å². The number of aromatic nitrogens is 1. The van der Waals surface area contributed by atoms with Gasteiger partial charge in [-0.25, -0.2) is 4.98 Å². The number of pyridine rings is 1. The maximum Gasteiger partial charge on any atom is 0.433 e. The Morgan fingerprint density at radius 3 is 2.52 bits per heavy atom. The van der Waals surface area contributed by atoms with E-state index in [0.29, 0.717) is 4.90 Å². The zero-order chi connectivity index (χ0) is 15.6. The number of nitrogens with zero attached hydrogens (tertiary/aromatic N) is 1. The van der Waals surface area contributed by atoms with E-state index in [2.05, 4.69) is 20.9 Å². The summed E-state index contributed by atoms with van der Waals surface area (Å²) in [6.07, 6.45) is -4.58. The van der Waals surface area contributed by atoms with Gasteiger partial charge in [-0.2, -0.15) is 13.2 Å². The van der Waals surface area contributed by atoms with Gasteiger partial charge in [0.05, 0.1) is 5.56 Å². The van der Waals surface area contributed by atoms with Gasteiger partial charge >= 0.3 is 6.18 Å². The van der Waals surface area contributed by atoms with Crippen molar-refractivity contribution in [2.75, 3.05) is 0 Å². The molecule has 0 spiro atoms. The summed E-state index contributed by atoms with van der Waals surface area (Å²) in [4.78, 5) is 15.5. The standard InChI is InChI=1S/C13H8BrF3N2OS/c14-7-2-1-3-8(6-7)21-12-9(11(18)20)4-5-10(19-12)13(15,16)17/h1-6H,(H2,18,20). The number of primary amides is 1. The average molecular weight is 377 g/mol. The fourth-order valence-electron chi connectivity index (χ4n) is 1.51. The number of hydrogen-bond acceptors (Lipinski definition) is 3. The van der Waals surface area contributed by atoms with E-state index in [1.165, 1.54) is 0 Å². The smallest absolute Gasteiger partial charge is 0.366 e. The van der Waals surface area contributed by atoms with Gasteiger partial charge in [0.15, 0.2) is 0 Å². The minimum atomic E-state index is -4.58. The second-order valence-corrected chi connectivity index (χ2v) is 5.95. The third kappa shape index (κ3) is 3.98. The molecule has 0 saturated heterocycles. The predicted molar refractivity (Wildman–Crippen MR) is 76.0 cm³/mol. The van der Waals surface area contributed by atoms with Gasteiger partial charge in [-0.1, -0.05) is 33.8 Å². The highest BCUT2D eigenvalue weighted by Crippen LogP contribution is 2.34. The van der Waals surface area contributed by atoms with Gasteiger partial charge in [-0.3, -0.25) is 4.79 Å². The number of nitrogens with two attached hydrogens (primary N) is 1. The number of rotatable bonds is 3. The van der Waals surface area contributed by atoms with Gasteiger partial charge < -0.3 is 5.73 Å². The van der Waals surface area contributed by atoms with Crippen LogP contribution >= 0.6 is 27.7 Å². The van der Waals surface area contributed by atoms with Crippen molar-refractivity contribution in [2.45, 2.75) is 16.1 Å². The first kappa shape index (κ1) is 15.8. The van der Waals surface area contributed by atoms with Crippen molar-refractivity contribution in [1.29, 1.82) is 0 Å². The molecule has 1 amide bonds. The lowest BCUT2D eigenvalue weighted by Crippen LogP contribution is -2.16. The van der Waals surface area contributed by atoms with Gasteiger partial charge in [0.2, 0.25) is 0 Å². The fraction of sp³-hybridized carbons (Fsp3) is 0.0769. The molecule has 3 nitrogen and oxygen atoms in total. The van der Waals surface area contributed by atoms with E-state index in [0.717, 1.165) is 28.4 Å². The van der Waals surface area contributed by atoms with E-state index in [1.54, 1.807) is 24.3 Å². The Kier molecular flexibility index (Phi) is 4.58. The van der Waals surface area contributed by atoms with E-state index in [9.17, 15) is 18.0 Å². The molecule has 0 fully saturated rings. The quantitative estimate of drug-likeness (QED) is 0.876. The number of carbonyl (C=O) groups excluding carboxylic acids is 1. The maximum absolute atomic E-state index is 12.7. The first-order valence-electron chi connectivity index (χ1n) is 5.59. The van der Waals surface area contributed by atoms with Crippen LogP contribution in [0.5, 0.6) is 0 Å². The molecule has 110 valence electrons. The molecule has 0 bridgehead atoms. The van der Waals surface area contributed by atoms with Gasteiger partial charge in [-0.05, 0) is 30.3 Å². The zero-order valence-electron chi connectivity index (χ0n) is 10.3. The third-order valence-electron chi connectivity index (χ3n) is 2.43. The van der Waals surface area contributed by atoms with E-state index >= 15 is 0 Å². The van der Waals surface area contributed by atoms with Gasteiger partial charge in [0.1, 0.15) is 10.7 Å². The molecule has 0 aliphatic heterocycles. The summed E-state index contributed by atoms with van der Waals surface area (Å²) in [6, 6.07) is 8.69. The highest BCUT2D eigenvalue weighted by Gasteiger charge is 2.33. The molecule has 2 rings (SSSR count). The van der Waals surface area contributed by atoms with Crippen LogP contribution in [0.15, 0.2) is 50.8 Å². The van der Waals surface area contributed by atoms with Crippen LogP contribution in [0.3, 0.4) is 0 Å². The Morgan fingerprint density at radius 2 is 1.95 bits per heavy atom. The van der Waals surface area contributed by atoms with Crippen molar-refractivity contribution in [2.24, 2.45) is 5.73 Å². The first-order valence-corrected chi connectivity index (χ1v) is 7.20. The predicted octanol–water partition coefficient (Wildman–Crippen LogP) is 4.11. The SMILES string of the molecule is NC(=O)c1ccc(C(F)(F)F)nc1Sc1cccc(Br)c1. The van der Waals surface area contributed by atoms with E-state index in [1.807, 2.05) is 0 Å². The van der Waals surface area contributed by atoms with Crippen LogP contribution in [0.4, 0.5) is 13.2 Å². The molecule has 8 heteroatoms. The highest BCUT2D eigenvalue weighted by atomic mass is 79.9. The molecule has 0 aliphatic carbocycles. The van der Waals surface area contributed by atoms with Crippen LogP contribution in [0, 0.1) is 0 Å². The first-order chi connectivity index (χ1) is 9.77. The third-order valence-corrected chi connectivity index (χ3v) is 3.91.